The fourth-order valence-corrected chi connectivity index (χ4v) is 2.58. The van der Waals surface area contributed by atoms with Gasteiger partial charge in [-0.05, 0) is 17.7 Å². The lowest BCUT2D eigenvalue weighted by Crippen LogP contribution is -2.33. The lowest BCUT2D eigenvalue weighted by molar-refractivity contribution is -0.0458. The molecule has 7 nitrogen and oxygen atoms in total. The zero-order valence-electron chi connectivity index (χ0n) is 12.0. The number of hydrogen-bond donors (Lipinski definition) is 3. The summed E-state index contributed by atoms with van der Waals surface area (Å²) in [7, 11) is 0. The van der Waals surface area contributed by atoms with Gasteiger partial charge in [0.1, 0.15) is 18.1 Å². The predicted octanol–water partition coefficient (Wildman–Crippen LogP) is -0.0166. The summed E-state index contributed by atoms with van der Waals surface area (Å²) in [6.07, 6.45) is -1.07. The van der Waals surface area contributed by atoms with Crippen LogP contribution in [-0.4, -0.2) is 38.6 Å². The number of rotatable bonds is 3. The molecule has 122 valence electrons. The molecule has 0 amide bonds. The van der Waals surface area contributed by atoms with Crippen LogP contribution in [0, 0.1) is 5.82 Å². The van der Waals surface area contributed by atoms with Crippen molar-refractivity contribution in [3.63, 3.8) is 0 Å². The molecular formula is C15H15FN2O5. The molecule has 3 rings (SSSR count). The third-order valence-corrected chi connectivity index (χ3v) is 3.82. The third kappa shape index (κ3) is 2.96. The number of aromatic amines is 1. The van der Waals surface area contributed by atoms with Crippen LogP contribution in [-0.2, 0) is 4.74 Å². The van der Waals surface area contributed by atoms with E-state index in [4.69, 9.17) is 9.84 Å². The number of hydrogen-bond acceptors (Lipinski definition) is 5. The molecule has 8 heteroatoms. The third-order valence-electron chi connectivity index (χ3n) is 3.82. The average Bonchev–Trinajstić information content (AvgIpc) is 2.89. The van der Waals surface area contributed by atoms with Crippen LogP contribution in [0.15, 0.2) is 40.1 Å². The first-order valence-electron chi connectivity index (χ1n) is 7.05. The lowest BCUT2D eigenvalue weighted by Gasteiger charge is -2.15. The minimum Gasteiger partial charge on any atom is -0.394 e. The van der Waals surface area contributed by atoms with Gasteiger partial charge in [0.05, 0.1) is 18.3 Å². The second-order valence-electron chi connectivity index (χ2n) is 5.33. The first-order valence-corrected chi connectivity index (χ1v) is 7.05. The Morgan fingerprint density at radius 3 is 2.61 bits per heavy atom. The molecule has 0 aliphatic carbocycles. The first kappa shape index (κ1) is 15.6. The van der Waals surface area contributed by atoms with E-state index in [2.05, 4.69) is 4.98 Å². The van der Waals surface area contributed by atoms with Crippen molar-refractivity contribution >= 4 is 0 Å². The van der Waals surface area contributed by atoms with Crippen molar-refractivity contribution in [2.75, 3.05) is 6.61 Å². The van der Waals surface area contributed by atoms with E-state index in [0.29, 0.717) is 5.56 Å². The van der Waals surface area contributed by atoms with Gasteiger partial charge in [-0.15, -0.1) is 0 Å². The van der Waals surface area contributed by atoms with E-state index >= 15 is 0 Å². The predicted molar refractivity (Wildman–Crippen MR) is 78.3 cm³/mol. The molecule has 2 heterocycles. The van der Waals surface area contributed by atoms with Crippen molar-refractivity contribution < 1.29 is 19.3 Å². The van der Waals surface area contributed by atoms with E-state index < -0.39 is 35.5 Å². The summed E-state index contributed by atoms with van der Waals surface area (Å²) < 4.78 is 19.6. The number of benzene rings is 1. The summed E-state index contributed by atoms with van der Waals surface area (Å²) in [6.45, 7) is -0.374. The zero-order valence-corrected chi connectivity index (χ0v) is 12.0. The topological polar surface area (TPSA) is 105 Å². The Morgan fingerprint density at radius 1 is 1.30 bits per heavy atom. The Kier molecular flexibility index (Phi) is 4.12. The van der Waals surface area contributed by atoms with Gasteiger partial charge in [0.2, 0.25) is 0 Å². The van der Waals surface area contributed by atoms with Gasteiger partial charge in [-0.2, -0.15) is 0 Å². The number of halogens is 1. The second kappa shape index (κ2) is 6.07. The molecule has 1 fully saturated rings. The maximum atomic E-state index is 13.0. The number of aromatic nitrogens is 2. The molecule has 0 radical (unpaired) electrons. The monoisotopic (exact) mass is 322 g/mol. The Labute approximate surface area is 129 Å². The van der Waals surface area contributed by atoms with Gasteiger partial charge in [0.15, 0.2) is 0 Å². The van der Waals surface area contributed by atoms with Crippen LogP contribution in [0.4, 0.5) is 4.39 Å². The Hall–Kier alpha value is -2.29. The van der Waals surface area contributed by atoms with Crippen molar-refractivity contribution in [1.82, 2.24) is 9.55 Å². The van der Waals surface area contributed by atoms with Gasteiger partial charge in [-0.1, -0.05) is 12.1 Å². The van der Waals surface area contributed by atoms with E-state index in [0.717, 1.165) is 4.57 Å². The van der Waals surface area contributed by atoms with E-state index in [-0.39, 0.29) is 18.6 Å². The number of ether oxygens (including phenoxy) is 1. The normalized spacial score (nSPS) is 24.0. The summed E-state index contributed by atoms with van der Waals surface area (Å²) in [5.74, 6) is -0.438. The number of H-pyrrole nitrogens is 1. The molecule has 0 bridgehead atoms. The first-order chi connectivity index (χ1) is 11.0. The van der Waals surface area contributed by atoms with Crippen LogP contribution in [0.2, 0.25) is 0 Å². The molecule has 3 N–H and O–H groups in total. The van der Waals surface area contributed by atoms with Gasteiger partial charge >= 0.3 is 5.69 Å². The van der Waals surface area contributed by atoms with Gasteiger partial charge < -0.3 is 14.9 Å². The summed E-state index contributed by atoms with van der Waals surface area (Å²) >= 11 is 0. The number of aliphatic hydroxyl groups excluding tert-OH is 2. The van der Waals surface area contributed by atoms with Crippen LogP contribution in [0.1, 0.15) is 12.6 Å². The van der Waals surface area contributed by atoms with Crippen LogP contribution in [0.3, 0.4) is 0 Å². The largest absolute Gasteiger partial charge is 0.394 e. The van der Waals surface area contributed by atoms with Gasteiger partial charge in [-0.25, -0.2) is 9.18 Å². The Morgan fingerprint density at radius 2 is 2.00 bits per heavy atom. The molecule has 2 aromatic rings. The van der Waals surface area contributed by atoms with Crippen LogP contribution >= 0.6 is 0 Å². The quantitative estimate of drug-likeness (QED) is 0.737. The molecule has 23 heavy (non-hydrogen) atoms. The molecule has 1 aromatic heterocycles. The average molecular weight is 322 g/mol. The smallest absolute Gasteiger partial charge is 0.330 e. The van der Waals surface area contributed by atoms with E-state index in [1.807, 2.05) is 0 Å². The highest BCUT2D eigenvalue weighted by atomic mass is 19.1. The Bertz CT molecular complexity index is 814. The summed E-state index contributed by atoms with van der Waals surface area (Å²) in [5, 5.41) is 18.9. The number of nitrogens with zero attached hydrogens (tertiary/aromatic N) is 1. The maximum Gasteiger partial charge on any atom is 0.330 e. The molecule has 0 spiro atoms. The van der Waals surface area contributed by atoms with Crippen molar-refractivity contribution in [3.05, 3.63) is 57.1 Å². The number of nitrogens with one attached hydrogen (secondary N) is 1. The lowest BCUT2D eigenvalue weighted by atomic mass is 10.1. The van der Waals surface area contributed by atoms with Crippen LogP contribution < -0.4 is 11.2 Å². The minimum atomic E-state index is -0.905. The standard InChI is InChI=1S/C15H15FN2O5/c16-9-3-1-8(2-4-9)10-6-18(15(22)17-14(10)21)13-5-11(20)12(7-19)23-13/h1-4,6,11-13,19-20H,5,7H2,(H,17,21,22)/t11-,12+,13+/m0/s1. The Balaban J connectivity index is 2.03. The van der Waals surface area contributed by atoms with Gasteiger partial charge in [-0.3, -0.25) is 14.3 Å². The molecule has 1 aliphatic rings. The van der Waals surface area contributed by atoms with E-state index in [9.17, 15) is 19.1 Å². The van der Waals surface area contributed by atoms with Gasteiger partial charge in [0.25, 0.3) is 5.56 Å². The fourth-order valence-electron chi connectivity index (χ4n) is 2.58. The summed E-state index contributed by atoms with van der Waals surface area (Å²) in [4.78, 5) is 26.2. The molecular weight excluding hydrogens is 307 g/mol. The van der Waals surface area contributed by atoms with Crippen molar-refractivity contribution in [3.8, 4) is 11.1 Å². The molecule has 1 aliphatic heterocycles. The maximum absolute atomic E-state index is 13.0. The van der Waals surface area contributed by atoms with E-state index in [1.54, 1.807) is 0 Å². The van der Waals surface area contributed by atoms with Crippen molar-refractivity contribution in [2.45, 2.75) is 24.9 Å². The van der Waals surface area contributed by atoms with Crippen molar-refractivity contribution in [2.24, 2.45) is 0 Å². The number of aliphatic hydroxyl groups is 2. The highest BCUT2D eigenvalue weighted by molar-refractivity contribution is 5.61. The zero-order chi connectivity index (χ0) is 16.6. The fraction of sp³-hybridized carbons (Fsp3) is 0.333. The molecule has 0 saturated carbocycles. The highest BCUT2D eigenvalue weighted by Crippen LogP contribution is 2.28. The van der Waals surface area contributed by atoms with Crippen LogP contribution in [0.25, 0.3) is 11.1 Å². The van der Waals surface area contributed by atoms with Gasteiger partial charge in [0, 0.05) is 12.6 Å². The molecule has 3 atom stereocenters. The van der Waals surface area contributed by atoms with Crippen molar-refractivity contribution in [1.29, 1.82) is 0 Å². The molecule has 1 saturated heterocycles. The van der Waals surface area contributed by atoms with E-state index in [1.165, 1.54) is 30.5 Å². The second-order valence-corrected chi connectivity index (χ2v) is 5.33. The molecule has 0 unspecified atom stereocenters. The van der Waals surface area contributed by atoms with Crippen LogP contribution in [0.5, 0.6) is 0 Å². The SMILES string of the molecule is O=c1[nH]c(=O)n([C@H]2C[C@H](O)[C@@H](CO)O2)cc1-c1ccc(F)cc1. The summed E-state index contributed by atoms with van der Waals surface area (Å²) in [6, 6.07) is 5.27. The minimum absolute atomic E-state index is 0.111. The highest BCUT2D eigenvalue weighted by Gasteiger charge is 2.35. The molecule has 1 aromatic carbocycles. The summed E-state index contributed by atoms with van der Waals surface area (Å²) in [5.41, 5.74) is -0.666.